The van der Waals surface area contributed by atoms with Gasteiger partial charge in [-0.1, -0.05) is 20.8 Å². The van der Waals surface area contributed by atoms with Gasteiger partial charge in [0.1, 0.15) is 0 Å². The number of aromatic nitrogens is 1. The average molecular weight is 339 g/mol. The van der Waals surface area contributed by atoms with Crippen molar-refractivity contribution in [3.05, 3.63) is 16.1 Å². The molecule has 1 aromatic heterocycles. The van der Waals surface area contributed by atoms with Gasteiger partial charge in [0, 0.05) is 36.9 Å². The number of nitrogens with one attached hydrogen (secondary N) is 1. The summed E-state index contributed by atoms with van der Waals surface area (Å²) >= 11 is 1.61. The Bertz CT molecular complexity index is 594. The van der Waals surface area contributed by atoms with Gasteiger partial charge >= 0.3 is 12.0 Å². The van der Waals surface area contributed by atoms with Crippen molar-refractivity contribution in [3.8, 4) is 0 Å². The number of amides is 2. The first-order chi connectivity index (χ1) is 10.6. The molecule has 2 rings (SSSR count). The Morgan fingerprint density at radius 3 is 2.70 bits per heavy atom. The van der Waals surface area contributed by atoms with Crippen molar-refractivity contribution >= 4 is 23.3 Å². The lowest BCUT2D eigenvalue weighted by Crippen LogP contribution is -2.41. The highest BCUT2D eigenvalue weighted by Gasteiger charge is 2.42. The van der Waals surface area contributed by atoms with E-state index in [1.54, 1.807) is 23.2 Å². The third-order valence-electron chi connectivity index (χ3n) is 4.21. The molecule has 1 unspecified atom stereocenters. The second-order valence-electron chi connectivity index (χ2n) is 7.40. The molecule has 0 aromatic carbocycles. The molecule has 1 aliphatic heterocycles. The van der Waals surface area contributed by atoms with E-state index in [4.69, 9.17) is 0 Å². The minimum Gasteiger partial charge on any atom is -0.481 e. The number of carboxylic acids is 1. The lowest BCUT2D eigenvalue weighted by atomic mass is 9.90. The number of carbonyl (C=O) groups is 2. The Balaban J connectivity index is 1.80. The maximum Gasteiger partial charge on any atom is 0.317 e. The van der Waals surface area contributed by atoms with Crippen LogP contribution in [0.2, 0.25) is 0 Å². The number of nitrogens with zero attached hydrogens (tertiary/aromatic N) is 2. The van der Waals surface area contributed by atoms with Crippen LogP contribution in [0.4, 0.5) is 4.79 Å². The van der Waals surface area contributed by atoms with Crippen LogP contribution in [0.15, 0.2) is 5.38 Å². The van der Waals surface area contributed by atoms with Gasteiger partial charge in [-0.2, -0.15) is 0 Å². The SMILES string of the molecule is CC1(C(=O)O)CCN(C(=O)NCCc2nc(C(C)(C)C)cs2)C1. The predicted octanol–water partition coefficient (Wildman–Crippen LogP) is 2.49. The fourth-order valence-corrected chi connectivity index (χ4v) is 3.49. The first kappa shape index (κ1) is 17.7. The normalized spacial score (nSPS) is 21.5. The third-order valence-corrected chi connectivity index (χ3v) is 5.12. The van der Waals surface area contributed by atoms with Crippen LogP contribution in [0.3, 0.4) is 0 Å². The molecule has 1 aliphatic rings. The molecule has 1 atom stereocenters. The minimum atomic E-state index is -0.842. The zero-order chi connectivity index (χ0) is 17.3. The molecule has 6 nitrogen and oxygen atoms in total. The van der Waals surface area contributed by atoms with E-state index in [1.807, 2.05) is 0 Å². The van der Waals surface area contributed by atoms with Crippen LogP contribution < -0.4 is 5.32 Å². The number of likely N-dealkylation sites (tertiary alicyclic amines) is 1. The highest BCUT2D eigenvalue weighted by Crippen LogP contribution is 2.30. The summed E-state index contributed by atoms with van der Waals surface area (Å²) in [6.45, 7) is 9.32. The van der Waals surface area contributed by atoms with Crippen molar-refractivity contribution in [2.24, 2.45) is 5.41 Å². The molecule has 0 radical (unpaired) electrons. The number of urea groups is 1. The van der Waals surface area contributed by atoms with Gasteiger partial charge in [0.25, 0.3) is 0 Å². The van der Waals surface area contributed by atoms with E-state index in [1.165, 1.54) is 0 Å². The Labute approximate surface area is 140 Å². The molecule has 2 heterocycles. The summed E-state index contributed by atoms with van der Waals surface area (Å²) in [5.41, 5.74) is 0.281. The Hall–Kier alpha value is -1.63. The van der Waals surface area contributed by atoms with Crippen LogP contribution in [0.25, 0.3) is 0 Å². The van der Waals surface area contributed by atoms with Gasteiger partial charge in [0.15, 0.2) is 0 Å². The number of carboxylic acid groups (broad SMARTS) is 1. The number of aliphatic carboxylic acids is 1. The van der Waals surface area contributed by atoms with Gasteiger partial charge in [-0.25, -0.2) is 9.78 Å². The summed E-state index contributed by atoms with van der Waals surface area (Å²) in [5, 5.41) is 15.1. The van der Waals surface area contributed by atoms with Gasteiger partial charge in [0.05, 0.1) is 16.1 Å². The molecule has 0 aliphatic carbocycles. The number of hydrogen-bond acceptors (Lipinski definition) is 4. The summed E-state index contributed by atoms with van der Waals surface area (Å²) in [6, 6.07) is -0.192. The molecule has 0 bridgehead atoms. The molecule has 0 spiro atoms. The molecular weight excluding hydrogens is 314 g/mol. The lowest BCUT2D eigenvalue weighted by molar-refractivity contribution is -0.146. The second kappa shape index (κ2) is 6.47. The summed E-state index contributed by atoms with van der Waals surface area (Å²) in [5.74, 6) is -0.842. The molecular formula is C16H25N3O3S. The highest BCUT2D eigenvalue weighted by molar-refractivity contribution is 7.09. The summed E-state index contributed by atoms with van der Waals surface area (Å²) in [6.07, 6.45) is 1.19. The highest BCUT2D eigenvalue weighted by atomic mass is 32.1. The van der Waals surface area contributed by atoms with E-state index < -0.39 is 11.4 Å². The first-order valence-electron chi connectivity index (χ1n) is 7.83. The molecule has 1 fully saturated rings. The number of carbonyl (C=O) groups excluding carboxylic acids is 1. The van der Waals surface area contributed by atoms with Crippen molar-refractivity contribution in [2.45, 2.75) is 46.0 Å². The van der Waals surface area contributed by atoms with Crippen LogP contribution in [0, 0.1) is 5.41 Å². The third kappa shape index (κ3) is 4.22. The second-order valence-corrected chi connectivity index (χ2v) is 8.34. The summed E-state index contributed by atoms with van der Waals surface area (Å²) in [7, 11) is 0. The van der Waals surface area contributed by atoms with E-state index in [0.717, 1.165) is 10.7 Å². The fraction of sp³-hybridized carbons (Fsp3) is 0.688. The molecule has 2 amide bonds. The predicted molar refractivity (Wildman–Crippen MR) is 89.8 cm³/mol. The van der Waals surface area contributed by atoms with Crippen molar-refractivity contribution < 1.29 is 14.7 Å². The molecule has 0 saturated carbocycles. The summed E-state index contributed by atoms with van der Waals surface area (Å²) in [4.78, 5) is 29.5. The fourth-order valence-electron chi connectivity index (χ4n) is 2.47. The maximum atomic E-state index is 12.1. The molecule has 1 saturated heterocycles. The Morgan fingerprint density at radius 1 is 1.48 bits per heavy atom. The van der Waals surface area contributed by atoms with Crippen molar-refractivity contribution in [3.63, 3.8) is 0 Å². The zero-order valence-electron chi connectivity index (χ0n) is 14.2. The standard InChI is InChI=1S/C16H25N3O3S/c1-15(2,3)11-9-23-12(18-11)5-7-17-14(22)19-8-6-16(4,10-19)13(20)21/h9H,5-8,10H2,1-4H3,(H,17,22)(H,20,21). The zero-order valence-corrected chi connectivity index (χ0v) is 15.0. The van der Waals surface area contributed by atoms with Crippen molar-refractivity contribution in [1.29, 1.82) is 0 Å². The van der Waals surface area contributed by atoms with Gasteiger partial charge in [-0.3, -0.25) is 4.79 Å². The minimum absolute atomic E-state index is 0.0365. The van der Waals surface area contributed by atoms with Crippen LogP contribution in [0.1, 0.15) is 44.8 Å². The van der Waals surface area contributed by atoms with Crippen molar-refractivity contribution in [1.82, 2.24) is 15.2 Å². The first-order valence-corrected chi connectivity index (χ1v) is 8.71. The molecule has 7 heteroatoms. The van der Waals surface area contributed by atoms with Crippen LogP contribution in [-0.4, -0.2) is 46.6 Å². The lowest BCUT2D eigenvalue weighted by Gasteiger charge is -2.20. The molecule has 1 aromatic rings. The maximum absolute atomic E-state index is 12.1. The van der Waals surface area contributed by atoms with Gasteiger partial charge < -0.3 is 15.3 Å². The monoisotopic (exact) mass is 339 g/mol. The smallest absolute Gasteiger partial charge is 0.317 e. The largest absolute Gasteiger partial charge is 0.481 e. The van der Waals surface area contributed by atoms with Gasteiger partial charge in [-0.05, 0) is 13.3 Å². The molecule has 23 heavy (non-hydrogen) atoms. The van der Waals surface area contributed by atoms with Crippen LogP contribution >= 0.6 is 11.3 Å². The van der Waals surface area contributed by atoms with E-state index in [2.05, 4.69) is 36.5 Å². The quantitative estimate of drug-likeness (QED) is 0.883. The van der Waals surface area contributed by atoms with E-state index >= 15 is 0 Å². The van der Waals surface area contributed by atoms with E-state index in [-0.39, 0.29) is 18.0 Å². The van der Waals surface area contributed by atoms with E-state index in [0.29, 0.717) is 25.9 Å². The van der Waals surface area contributed by atoms with Gasteiger partial charge in [-0.15, -0.1) is 11.3 Å². The van der Waals surface area contributed by atoms with E-state index in [9.17, 15) is 14.7 Å². The van der Waals surface area contributed by atoms with Gasteiger partial charge in [0.2, 0.25) is 0 Å². The summed E-state index contributed by atoms with van der Waals surface area (Å²) < 4.78 is 0. The molecule has 128 valence electrons. The van der Waals surface area contributed by atoms with Crippen LogP contribution in [0.5, 0.6) is 0 Å². The van der Waals surface area contributed by atoms with Crippen molar-refractivity contribution in [2.75, 3.05) is 19.6 Å². The van der Waals surface area contributed by atoms with Crippen LogP contribution in [-0.2, 0) is 16.6 Å². The Kier molecular flexibility index (Phi) is 4.98. The number of thiazole rings is 1. The Morgan fingerprint density at radius 2 is 2.17 bits per heavy atom. The molecule has 2 N–H and O–H groups in total. The number of hydrogen-bond donors (Lipinski definition) is 2. The number of rotatable bonds is 4. The average Bonchev–Trinajstić information content (AvgIpc) is 3.06. The topological polar surface area (TPSA) is 82.5 Å².